The van der Waals surface area contributed by atoms with Gasteiger partial charge in [0.05, 0.1) is 12.3 Å². The Bertz CT molecular complexity index is 301. The average Bonchev–Trinajstić information content (AvgIpc) is 2.27. The van der Waals surface area contributed by atoms with Crippen molar-refractivity contribution in [3.63, 3.8) is 0 Å². The van der Waals surface area contributed by atoms with E-state index in [-0.39, 0.29) is 24.0 Å². The molecule has 0 heterocycles. The molecule has 0 atom stereocenters. The van der Waals surface area contributed by atoms with E-state index in [1.54, 1.807) is 18.9 Å². The molecule has 0 rings (SSSR count). The van der Waals surface area contributed by atoms with E-state index >= 15 is 0 Å². The van der Waals surface area contributed by atoms with Crippen molar-refractivity contribution in [2.24, 2.45) is 0 Å². The van der Waals surface area contributed by atoms with E-state index in [9.17, 15) is 13.2 Å². The normalized spacial score (nSPS) is 11.4. The lowest BCUT2D eigenvalue weighted by Gasteiger charge is -2.14. The Morgan fingerprint density at radius 3 is 2.44 bits per heavy atom. The summed E-state index contributed by atoms with van der Waals surface area (Å²) in [6.45, 7) is 5.07. The largest absolute Gasteiger partial charge is 0.345 e. The van der Waals surface area contributed by atoms with Crippen molar-refractivity contribution < 1.29 is 13.2 Å². The summed E-state index contributed by atoms with van der Waals surface area (Å²) in [7, 11) is -1.13. The number of amides is 1. The Balaban J connectivity index is 3.59. The Morgan fingerprint density at radius 1 is 1.31 bits per heavy atom. The molecule has 6 heteroatoms. The lowest BCUT2D eigenvalue weighted by atomic mass is 10.4. The molecule has 0 aromatic carbocycles. The van der Waals surface area contributed by atoms with Gasteiger partial charge >= 0.3 is 0 Å². The van der Waals surface area contributed by atoms with E-state index in [0.29, 0.717) is 19.5 Å². The summed E-state index contributed by atoms with van der Waals surface area (Å²) in [4.78, 5) is 13.0. The highest BCUT2D eigenvalue weighted by Gasteiger charge is 2.07. The maximum Gasteiger partial charge on any atom is 0.236 e. The molecule has 0 radical (unpaired) electrons. The number of hydrogen-bond acceptors (Lipinski definition) is 4. The minimum Gasteiger partial charge on any atom is -0.345 e. The lowest BCUT2D eigenvalue weighted by molar-refractivity contribution is -0.128. The van der Waals surface area contributed by atoms with Crippen LogP contribution in [0.1, 0.15) is 20.3 Å². The van der Waals surface area contributed by atoms with Crippen LogP contribution in [0, 0.1) is 0 Å². The SMILES string of the molecule is CCN(C)C(=O)CNCCCS(=O)(=O)CC. The van der Waals surface area contributed by atoms with Crippen molar-refractivity contribution in [2.75, 3.05) is 38.2 Å². The fraction of sp³-hybridized carbons (Fsp3) is 0.900. The molecule has 0 bridgehead atoms. The highest BCUT2D eigenvalue weighted by atomic mass is 32.2. The van der Waals surface area contributed by atoms with E-state index in [0.717, 1.165) is 0 Å². The van der Waals surface area contributed by atoms with Crippen LogP contribution in [0.25, 0.3) is 0 Å². The number of hydrogen-bond donors (Lipinski definition) is 1. The van der Waals surface area contributed by atoms with Crippen LogP contribution in [-0.2, 0) is 14.6 Å². The van der Waals surface area contributed by atoms with Crippen molar-refractivity contribution >= 4 is 15.7 Å². The molecule has 0 fully saturated rings. The molecule has 0 unspecified atom stereocenters. The van der Waals surface area contributed by atoms with Crippen molar-refractivity contribution in [2.45, 2.75) is 20.3 Å². The van der Waals surface area contributed by atoms with Crippen LogP contribution in [0.3, 0.4) is 0 Å². The highest BCUT2D eigenvalue weighted by Crippen LogP contribution is 1.92. The van der Waals surface area contributed by atoms with Gasteiger partial charge in [-0.25, -0.2) is 8.42 Å². The first kappa shape index (κ1) is 15.4. The maximum atomic E-state index is 11.3. The summed E-state index contributed by atoms with van der Waals surface area (Å²) < 4.78 is 22.3. The van der Waals surface area contributed by atoms with Crippen LogP contribution in [0.15, 0.2) is 0 Å². The molecular weight excluding hydrogens is 228 g/mol. The van der Waals surface area contributed by atoms with Crippen molar-refractivity contribution in [3.05, 3.63) is 0 Å². The van der Waals surface area contributed by atoms with Crippen LogP contribution < -0.4 is 5.32 Å². The topological polar surface area (TPSA) is 66.5 Å². The first-order chi connectivity index (χ1) is 7.43. The second-order valence-electron chi connectivity index (χ2n) is 3.67. The van der Waals surface area contributed by atoms with E-state index in [4.69, 9.17) is 0 Å². The van der Waals surface area contributed by atoms with Crippen LogP contribution in [0.5, 0.6) is 0 Å². The van der Waals surface area contributed by atoms with Gasteiger partial charge in [-0.3, -0.25) is 4.79 Å². The van der Waals surface area contributed by atoms with Gasteiger partial charge in [0.1, 0.15) is 9.84 Å². The Hall–Kier alpha value is -0.620. The Morgan fingerprint density at radius 2 is 1.94 bits per heavy atom. The molecule has 0 aromatic heterocycles. The first-order valence-corrected chi connectivity index (χ1v) is 7.40. The zero-order valence-electron chi connectivity index (χ0n) is 10.3. The van der Waals surface area contributed by atoms with Gasteiger partial charge in [-0.1, -0.05) is 6.92 Å². The number of sulfone groups is 1. The number of nitrogens with one attached hydrogen (secondary N) is 1. The third-order valence-corrected chi connectivity index (χ3v) is 4.22. The number of carbonyl (C=O) groups is 1. The molecule has 5 nitrogen and oxygen atoms in total. The lowest BCUT2D eigenvalue weighted by Crippen LogP contribution is -2.36. The first-order valence-electron chi connectivity index (χ1n) is 5.58. The Kier molecular flexibility index (Phi) is 7.33. The molecule has 96 valence electrons. The number of rotatable bonds is 8. The van der Waals surface area contributed by atoms with E-state index in [1.807, 2.05) is 6.92 Å². The monoisotopic (exact) mass is 250 g/mol. The van der Waals surface area contributed by atoms with E-state index in [2.05, 4.69) is 5.32 Å². The Labute approximate surface area is 98.1 Å². The number of nitrogens with zero attached hydrogens (tertiary/aromatic N) is 1. The summed E-state index contributed by atoms with van der Waals surface area (Å²) in [6, 6.07) is 0. The summed E-state index contributed by atoms with van der Waals surface area (Å²) in [5.74, 6) is 0.402. The zero-order valence-corrected chi connectivity index (χ0v) is 11.1. The van der Waals surface area contributed by atoms with Crippen molar-refractivity contribution in [1.82, 2.24) is 10.2 Å². The van der Waals surface area contributed by atoms with E-state index in [1.165, 1.54) is 0 Å². The van der Waals surface area contributed by atoms with E-state index < -0.39 is 9.84 Å². The molecule has 0 spiro atoms. The van der Waals surface area contributed by atoms with Gasteiger partial charge < -0.3 is 10.2 Å². The number of carbonyl (C=O) groups excluding carboxylic acids is 1. The van der Waals surface area contributed by atoms with Gasteiger partial charge in [0.15, 0.2) is 0 Å². The smallest absolute Gasteiger partial charge is 0.236 e. The minimum absolute atomic E-state index is 0.0286. The highest BCUT2D eigenvalue weighted by molar-refractivity contribution is 7.91. The van der Waals surface area contributed by atoms with Crippen LogP contribution in [0.4, 0.5) is 0 Å². The second-order valence-corrected chi connectivity index (χ2v) is 6.15. The summed E-state index contributed by atoms with van der Waals surface area (Å²) in [5, 5.41) is 2.94. The molecule has 1 amide bonds. The molecule has 0 saturated heterocycles. The molecule has 1 N–H and O–H groups in total. The fourth-order valence-electron chi connectivity index (χ4n) is 1.07. The maximum absolute atomic E-state index is 11.3. The molecule has 0 aliphatic carbocycles. The molecule has 0 saturated carbocycles. The minimum atomic E-state index is -2.88. The van der Waals surface area contributed by atoms with Crippen LogP contribution in [-0.4, -0.2) is 57.4 Å². The van der Waals surface area contributed by atoms with Crippen LogP contribution in [0.2, 0.25) is 0 Å². The third-order valence-electron chi connectivity index (χ3n) is 2.43. The predicted molar refractivity (Wildman–Crippen MR) is 65.1 cm³/mol. The summed E-state index contributed by atoms with van der Waals surface area (Å²) in [5.41, 5.74) is 0. The fourth-order valence-corrected chi connectivity index (χ4v) is 1.94. The number of likely N-dealkylation sites (N-methyl/N-ethyl adjacent to an activating group) is 1. The van der Waals surface area contributed by atoms with Gasteiger partial charge in [0, 0.05) is 19.3 Å². The van der Waals surface area contributed by atoms with Gasteiger partial charge in [0.2, 0.25) is 5.91 Å². The van der Waals surface area contributed by atoms with Gasteiger partial charge in [-0.15, -0.1) is 0 Å². The molecule has 0 aliphatic heterocycles. The molecular formula is C10H22N2O3S. The second kappa shape index (κ2) is 7.62. The van der Waals surface area contributed by atoms with Gasteiger partial charge in [0.25, 0.3) is 0 Å². The standard InChI is InChI=1S/C10H22N2O3S/c1-4-12(3)10(13)9-11-7-6-8-16(14,15)5-2/h11H,4-9H2,1-3H3. The molecule has 0 aromatic rings. The van der Waals surface area contributed by atoms with Gasteiger partial charge in [-0.05, 0) is 19.9 Å². The molecule has 16 heavy (non-hydrogen) atoms. The van der Waals surface area contributed by atoms with Crippen molar-refractivity contribution in [3.8, 4) is 0 Å². The molecule has 0 aliphatic rings. The predicted octanol–water partition coefficient (Wildman–Crippen LogP) is -0.121. The van der Waals surface area contributed by atoms with Gasteiger partial charge in [-0.2, -0.15) is 0 Å². The van der Waals surface area contributed by atoms with Crippen LogP contribution >= 0.6 is 0 Å². The zero-order chi connectivity index (χ0) is 12.6. The third kappa shape index (κ3) is 6.79. The average molecular weight is 250 g/mol. The summed E-state index contributed by atoms with van der Waals surface area (Å²) >= 11 is 0. The summed E-state index contributed by atoms with van der Waals surface area (Å²) in [6.07, 6.45) is 0.555. The van der Waals surface area contributed by atoms with Crippen molar-refractivity contribution in [1.29, 1.82) is 0 Å². The quantitative estimate of drug-likeness (QED) is 0.610.